The van der Waals surface area contributed by atoms with Gasteiger partial charge in [-0.05, 0) is 91.3 Å². The van der Waals surface area contributed by atoms with Crippen LogP contribution in [0, 0.1) is 5.92 Å². The third kappa shape index (κ3) is 4.68. The molecule has 4 aromatic rings. The van der Waals surface area contributed by atoms with Crippen LogP contribution in [0.15, 0.2) is 83.8 Å². The molecule has 1 fully saturated rings. The van der Waals surface area contributed by atoms with Crippen LogP contribution in [-0.4, -0.2) is 19.9 Å². The number of pyridine rings is 1. The summed E-state index contributed by atoms with van der Waals surface area (Å²) >= 11 is 0. The van der Waals surface area contributed by atoms with Crippen LogP contribution < -0.4 is 15.4 Å². The Hall–Kier alpha value is -3.58. The van der Waals surface area contributed by atoms with Gasteiger partial charge in [0, 0.05) is 17.6 Å². The van der Waals surface area contributed by atoms with E-state index in [-0.39, 0.29) is 10.9 Å². The number of nitrogens with zero attached hydrogens (tertiary/aromatic N) is 1. The van der Waals surface area contributed by atoms with Crippen molar-refractivity contribution in [1.82, 2.24) is 4.98 Å². The minimum atomic E-state index is -3.72. The number of hydrogen-bond acceptors (Lipinski definition) is 5. The van der Waals surface area contributed by atoms with Gasteiger partial charge < -0.3 is 10.6 Å². The normalized spacial score (nSPS) is 17.2. The molecule has 0 radical (unpaired) electrons. The van der Waals surface area contributed by atoms with Crippen molar-refractivity contribution in [3.8, 4) is 0 Å². The van der Waals surface area contributed by atoms with Crippen LogP contribution in [0.1, 0.15) is 36.4 Å². The maximum atomic E-state index is 13.1. The van der Waals surface area contributed by atoms with Crippen LogP contribution in [0.5, 0.6) is 0 Å². The van der Waals surface area contributed by atoms with Gasteiger partial charge in [0.05, 0.1) is 22.1 Å². The highest BCUT2D eigenvalue weighted by molar-refractivity contribution is 7.92. The highest BCUT2D eigenvalue weighted by Crippen LogP contribution is 2.34. The zero-order valence-electron chi connectivity index (χ0n) is 19.4. The molecule has 1 saturated carbocycles. The van der Waals surface area contributed by atoms with E-state index >= 15 is 0 Å². The molecule has 6 nitrogen and oxygen atoms in total. The van der Waals surface area contributed by atoms with Crippen LogP contribution in [0.2, 0.25) is 0 Å². The quantitative estimate of drug-likeness (QED) is 0.288. The van der Waals surface area contributed by atoms with E-state index in [4.69, 9.17) is 4.98 Å². The molecular weight excluding hydrogens is 456 g/mol. The maximum Gasteiger partial charge on any atom is 0.261 e. The number of fused-ring (bicyclic) bond motifs is 2. The van der Waals surface area contributed by atoms with Gasteiger partial charge in [-0.3, -0.25) is 4.72 Å². The smallest absolute Gasteiger partial charge is 0.261 e. The molecule has 1 aromatic heterocycles. The first-order valence-electron chi connectivity index (χ1n) is 12.2. The lowest BCUT2D eigenvalue weighted by molar-refractivity contribution is 0.601. The van der Waals surface area contributed by atoms with Crippen molar-refractivity contribution in [2.24, 2.45) is 5.92 Å². The molecule has 3 aromatic carbocycles. The summed E-state index contributed by atoms with van der Waals surface area (Å²) in [6, 6.07) is 25.0. The van der Waals surface area contributed by atoms with Crippen molar-refractivity contribution in [3.63, 3.8) is 0 Å². The Balaban J connectivity index is 1.20. The van der Waals surface area contributed by atoms with E-state index in [0.29, 0.717) is 5.69 Å². The molecule has 2 aliphatic rings. The molecule has 0 bridgehead atoms. The monoisotopic (exact) mass is 484 g/mol. The van der Waals surface area contributed by atoms with Gasteiger partial charge in [-0.1, -0.05) is 30.3 Å². The molecule has 35 heavy (non-hydrogen) atoms. The predicted octanol–water partition coefficient (Wildman–Crippen LogP) is 5.96. The molecule has 178 valence electrons. The zero-order chi connectivity index (χ0) is 23.8. The summed E-state index contributed by atoms with van der Waals surface area (Å²) in [5.41, 5.74) is 4.90. The van der Waals surface area contributed by atoms with Crippen LogP contribution in [-0.2, 0) is 16.4 Å². The fourth-order valence-electron chi connectivity index (χ4n) is 4.75. The maximum absolute atomic E-state index is 13.1. The summed E-state index contributed by atoms with van der Waals surface area (Å²) in [5, 5.41) is 7.68. The third-order valence-electron chi connectivity index (χ3n) is 6.89. The molecule has 2 aliphatic carbocycles. The van der Waals surface area contributed by atoms with Crippen molar-refractivity contribution >= 4 is 38.1 Å². The highest BCUT2D eigenvalue weighted by Gasteiger charge is 2.23. The van der Waals surface area contributed by atoms with Crippen LogP contribution in [0.25, 0.3) is 10.9 Å². The van der Waals surface area contributed by atoms with Crippen molar-refractivity contribution in [2.75, 3.05) is 21.9 Å². The van der Waals surface area contributed by atoms with Gasteiger partial charge in [-0.15, -0.1) is 0 Å². The molecular formula is C28H28N4O2S. The van der Waals surface area contributed by atoms with E-state index in [1.54, 1.807) is 18.2 Å². The number of rotatable bonds is 8. The average molecular weight is 485 g/mol. The lowest BCUT2D eigenvalue weighted by atomic mass is 10.1. The SMILES string of the molecule is O=S(=O)(Nc1cccc2nc(N[C@@H]3CCc4ccccc43)ccc12)c1ccc(NCC2CC2)cc1. The molecule has 0 unspecified atom stereocenters. The largest absolute Gasteiger partial charge is 0.385 e. The number of benzene rings is 3. The van der Waals surface area contributed by atoms with E-state index < -0.39 is 10.0 Å². The number of anilines is 3. The molecule has 0 amide bonds. The molecule has 0 aliphatic heterocycles. The van der Waals surface area contributed by atoms with E-state index in [2.05, 4.69) is 39.6 Å². The Morgan fingerprint density at radius 2 is 1.69 bits per heavy atom. The summed E-state index contributed by atoms with van der Waals surface area (Å²) in [5.74, 6) is 1.54. The zero-order valence-corrected chi connectivity index (χ0v) is 20.2. The minimum absolute atomic E-state index is 0.234. The number of nitrogens with one attached hydrogen (secondary N) is 3. The first-order chi connectivity index (χ1) is 17.0. The molecule has 0 saturated heterocycles. The summed E-state index contributed by atoms with van der Waals surface area (Å²) < 4.78 is 28.9. The Kier molecular flexibility index (Phi) is 5.57. The van der Waals surface area contributed by atoms with Crippen molar-refractivity contribution < 1.29 is 8.42 Å². The molecule has 3 N–H and O–H groups in total. The Morgan fingerprint density at radius 1 is 0.857 bits per heavy atom. The Labute approximate surface area is 205 Å². The topological polar surface area (TPSA) is 83.1 Å². The highest BCUT2D eigenvalue weighted by atomic mass is 32.2. The second-order valence-electron chi connectivity index (χ2n) is 9.46. The van der Waals surface area contributed by atoms with Gasteiger partial charge >= 0.3 is 0 Å². The number of aromatic nitrogens is 1. The first-order valence-corrected chi connectivity index (χ1v) is 13.6. The van der Waals surface area contributed by atoms with Gasteiger partial charge in [0.2, 0.25) is 0 Å². The van der Waals surface area contributed by atoms with Gasteiger partial charge in [-0.25, -0.2) is 13.4 Å². The van der Waals surface area contributed by atoms with E-state index in [9.17, 15) is 8.42 Å². The third-order valence-corrected chi connectivity index (χ3v) is 8.27. The molecule has 1 heterocycles. The summed E-state index contributed by atoms with van der Waals surface area (Å²) in [4.78, 5) is 5.01. The Bertz CT molecular complexity index is 1480. The molecule has 7 heteroatoms. The summed E-state index contributed by atoms with van der Waals surface area (Å²) in [7, 11) is -3.72. The second-order valence-corrected chi connectivity index (χ2v) is 11.1. The van der Waals surface area contributed by atoms with Gasteiger partial charge in [0.25, 0.3) is 10.0 Å². The van der Waals surface area contributed by atoms with Crippen LogP contribution >= 0.6 is 0 Å². The van der Waals surface area contributed by atoms with Crippen molar-refractivity contribution in [2.45, 2.75) is 36.6 Å². The van der Waals surface area contributed by atoms with Gasteiger partial charge in [-0.2, -0.15) is 0 Å². The molecule has 1 atom stereocenters. The number of hydrogen-bond donors (Lipinski definition) is 3. The second kappa shape index (κ2) is 8.89. The van der Waals surface area contributed by atoms with E-state index in [1.165, 1.54) is 24.0 Å². The minimum Gasteiger partial charge on any atom is -0.385 e. The van der Waals surface area contributed by atoms with Gasteiger partial charge in [0.15, 0.2) is 0 Å². The van der Waals surface area contributed by atoms with E-state index in [0.717, 1.165) is 47.7 Å². The van der Waals surface area contributed by atoms with Gasteiger partial charge in [0.1, 0.15) is 5.82 Å². The lowest BCUT2D eigenvalue weighted by Crippen LogP contribution is -2.13. The number of sulfonamides is 1. The van der Waals surface area contributed by atoms with Crippen molar-refractivity contribution in [3.05, 3.63) is 90.0 Å². The fourth-order valence-corrected chi connectivity index (χ4v) is 5.83. The molecule has 0 spiro atoms. The average Bonchev–Trinajstić information content (AvgIpc) is 3.62. The van der Waals surface area contributed by atoms with Crippen LogP contribution in [0.4, 0.5) is 17.2 Å². The molecule has 6 rings (SSSR count). The first kappa shape index (κ1) is 21.9. The standard InChI is InChI=1S/C28H28N4O2S/c33-35(34,22-13-11-21(12-14-22)29-18-19-8-9-19)32-27-7-3-6-25-24(27)15-17-28(30-25)31-26-16-10-20-4-1-2-5-23(20)26/h1-7,11-15,17,19,26,29,32H,8-10,16,18H2,(H,30,31)/t26-/m1/s1. The summed E-state index contributed by atoms with van der Waals surface area (Å²) in [6.45, 7) is 0.942. The summed E-state index contributed by atoms with van der Waals surface area (Å²) in [6.07, 6.45) is 4.64. The lowest BCUT2D eigenvalue weighted by Gasteiger charge is -2.16. The fraction of sp³-hybridized carbons (Fsp3) is 0.250. The van der Waals surface area contributed by atoms with E-state index in [1.807, 2.05) is 36.4 Å². The number of aryl methyl sites for hydroxylation is 1. The Morgan fingerprint density at radius 3 is 2.51 bits per heavy atom. The van der Waals surface area contributed by atoms with Crippen LogP contribution in [0.3, 0.4) is 0 Å². The predicted molar refractivity (Wildman–Crippen MR) is 141 cm³/mol. The van der Waals surface area contributed by atoms with Crippen molar-refractivity contribution in [1.29, 1.82) is 0 Å².